The Labute approximate surface area is 169 Å². The van der Waals surface area contributed by atoms with Crippen molar-refractivity contribution in [2.75, 3.05) is 19.6 Å². The maximum Gasteiger partial charge on any atom is 0.237 e. The lowest BCUT2D eigenvalue weighted by Gasteiger charge is -2.34. The van der Waals surface area contributed by atoms with E-state index < -0.39 is 0 Å². The Morgan fingerprint density at radius 3 is 2.69 bits per heavy atom. The molecule has 7 heteroatoms. The number of carbonyl (C=O) groups is 1. The van der Waals surface area contributed by atoms with Crippen LogP contribution in [0.2, 0.25) is 0 Å². The van der Waals surface area contributed by atoms with E-state index >= 15 is 0 Å². The lowest BCUT2D eigenvalue weighted by Crippen LogP contribution is -2.48. The summed E-state index contributed by atoms with van der Waals surface area (Å²) in [5, 5.41) is 11.6. The first-order valence-electron chi connectivity index (χ1n) is 10.2. The molecule has 1 N–H and O–H groups in total. The second kappa shape index (κ2) is 8.69. The molecule has 1 saturated heterocycles. The van der Waals surface area contributed by atoms with Crippen molar-refractivity contribution < 1.29 is 9.18 Å². The predicted molar refractivity (Wildman–Crippen MR) is 109 cm³/mol. The van der Waals surface area contributed by atoms with E-state index in [9.17, 15) is 9.18 Å². The van der Waals surface area contributed by atoms with Crippen LogP contribution in [0.5, 0.6) is 0 Å². The van der Waals surface area contributed by atoms with Gasteiger partial charge in [0.1, 0.15) is 11.6 Å². The van der Waals surface area contributed by atoms with Gasteiger partial charge in [0, 0.05) is 18.7 Å². The number of aromatic nitrogens is 3. The normalized spacial score (nSPS) is 16.8. The minimum Gasteiger partial charge on any atom is -0.354 e. The molecule has 2 aromatic heterocycles. The Morgan fingerprint density at radius 1 is 1.17 bits per heavy atom. The van der Waals surface area contributed by atoms with Crippen molar-refractivity contribution in [1.29, 1.82) is 0 Å². The van der Waals surface area contributed by atoms with Crippen molar-refractivity contribution in [2.24, 2.45) is 0 Å². The third-order valence-corrected chi connectivity index (χ3v) is 5.79. The third kappa shape index (κ3) is 4.45. The SMILES string of the molecule is CC(C(=O)NCCc1ccc(F)cc1)N1CCC(c2nnc3ccccn23)CC1. The first-order valence-corrected chi connectivity index (χ1v) is 10.2. The summed E-state index contributed by atoms with van der Waals surface area (Å²) in [4.78, 5) is 14.8. The van der Waals surface area contributed by atoms with Gasteiger partial charge in [0.25, 0.3) is 0 Å². The van der Waals surface area contributed by atoms with E-state index in [-0.39, 0.29) is 17.8 Å². The molecule has 0 bridgehead atoms. The Hall–Kier alpha value is -2.80. The van der Waals surface area contributed by atoms with Gasteiger partial charge in [-0.15, -0.1) is 10.2 Å². The van der Waals surface area contributed by atoms with Gasteiger partial charge < -0.3 is 5.32 Å². The molecule has 0 saturated carbocycles. The van der Waals surface area contributed by atoms with E-state index in [4.69, 9.17) is 0 Å². The van der Waals surface area contributed by atoms with E-state index in [2.05, 4.69) is 24.8 Å². The maximum absolute atomic E-state index is 13.0. The van der Waals surface area contributed by atoms with Gasteiger partial charge >= 0.3 is 0 Å². The number of fused-ring (bicyclic) bond motifs is 1. The zero-order chi connectivity index (χ0) is 20.2. The quantitative estimate of drug-likeness (QED) is 0.697. The van der Waals surface area contributed by atoms with Crippen molar-refractivity contribution >= 4 is 11.6 Å². The molecule has 29 heavy (non-hydrogen) atoms. The fourth-order valence-corrected chi connectivity index (χ4v) is 3.98. The summed E-state index contributed by atoms with van der Waals surface area (Å²) in [5.41, 5.74) is 1.89. The molecule has 152 valence electrons. The second-order valence-electron chi connectivity index (χ2n) is 7.64. The van der Waals surface area contributed by atoms with E-state index in [1.54, 1.807) is 12.1 Å². The molecular weight excluding hydrogens is 369 g/mol. The van der Waals surface area contributed by atoms with E-state index in [0.29, 0.717) is 18.9 Å². The number of nitrogens with zero attached hydrogens (tertiary/aromatic N) is 4. The van der Waals surface area contributed by atoms with Crippen LogP contribution in [-0.4, -0.2) is 51.1 Å². The van der Waals surface area contributed by atoms with Crippen LogP contribution < -0.4 is 5.32 Å². The van der Waals surface area contributed by atoms with Gasteiger partial charge in [-0.1, -0.05) is 18.2 Å². The largest absolute Gasteiger partial charge is 0.354 e. The van der Waals surface area contributed by atoms with Crippen LogP contribution >= 0.6 is 0 Å². The van der Waals surface area contributed by atoms with Gasteiger partial charge in [0.05, 0.1) is 6.04 Å². The highest BCUT2D eigenvalue weighted by Gasteiger charge is 2.29. The summed E-state index contributed by atoms with van der Waals surface area (Å²) in [6, 6.07) is 12.2. The molecule has 1 aromatic carbocycles. The molecule has 3 heterocycles. The number of pyridine rings is 1. The summed E-state index contributed by atoms with van der Waals surface area (Å²) < 4.78 is 15.0. The predicted octanol–water partition coefficient (Wildman–Crippen LogP) is 2.80. The standard InChI is InChI=1S/C22H26FN5O/c1-16(22(29)24-12-9-17-5-7-19(23)8-6-17)27-14-10-18(11-15-27)21-26-25-20-4-2-3-13-28(20)21/h2-8,13,16,18H,9-12,14-15H2,1H3,(H,24,29). The monoisotopic (exact) mass is 395 g/mol. The molecule has 1 aliphatic heterocycles. The first-order chi connectivity index (χ1) is 14.1. The molecular formula is C22H26FN5O. The molecule has 6 nitrogen and oxygen atoms in total. The van der Waals surface area contributed by atoms with Crippen LogP contribution in [0.4, 0.5) is 4.39 Å². The van der Waals surface area contributed by atoms with E-state index in [1.165, 1.54) is 12.1 Å². The van der Waals surface area contributed by atoms with Crippen molar-refractivity contribution in [2.45, 2.75) is 38.1 Å². The highest BCUT2D eigenvalue weighted by Crippen LogP contribution is 2.27. The summed E-state index contributed by atoms with van der Waals surface area (Å²) in [5.74, 6) is 1.17. The number of hydrogen-bond donors (Lipinski definition) is 1. The first kappa shape index (κ1) is 19.5. The van der Waals surface area contributed by atoms with Gasteiger partial charge in [0.2, 0.25) is 5.91 Å². The molecule has 0 aliphatic carbocycles. The van der Waals surface area contributed by atoms with Crippen LogP contribution in [0.15, 0.2) is 48.7 Å². The number of amides is 1. The zero-order valence-corrected chi connectivity index (χ0v) is 16.6. The highest BCUT2D eigenvalue weighted by molar-refractivity contribution is 5.81. The van der Waals surface area contributed by atoms with Crippen molar-refractivity contribution in [3.63, 3.8) is 0 Å². The lowest BCUT2D eigenvalue weighted by atomic mass is 9.95. The fourth-order valence-electron chi connectivity index (χ4n) is 3.98. The summed E-state index contributed by atoms with van der Waals surface area (Å²) in [7, 11) is 0. The van der Waals surface area contributed by atoms with Crippen molar-refractivity contribution in [3.05, 3.63) is 65.9 Å². The summed E-state index contributed by atoms with van der Waals surface area (Å²) in [6.07, 6.45) is 4.63. The topological polar surface area (TPSA) is 62.5 Å². The molecule has 1 aliphatic rings. The maximum atomic E-state index is 13.0. The Kier molecular flexibility index (Phi) is 5.85. The highest BCUT2D eigenvalue weighted by atomic mass is 19.1. The van der Waals surface area contributed by atoms with Crippen LogP contribution in [0.1, 0.15) is 37.1 Å². The Bertz CT molecular complexity index is 963. The number of piperidine rings is 1. The van der Waals surface area contributed by atoms with Crippen LogP contribution in [0.3, 0.4) is 0 Å². The second-order valence-corrected chi connectivity index (χ2v) is 7.64. The molecule has 0 spiro atoms. The number of nitrogens with one attached hydrogen (secondary N) is 1. The number of carbonyl (C=O) groups excluding carboxylic acids is 1. The average Bonchev–Trinajstić information content (AvgIpc) is 3.19. The number of hydrogen-bond acceptors (Lipinski definition) is 4. The van der Waals surface area contributed by atoms with Gasteiger partial charge in [-0.2, -0.15) is 0 Å². The number of benzene rings is 1. The third-order valence-electron chi connectivity index (χ3n) is 5.79. The van der Waals surface area contributed by atoms with Crippen molar-refractivity contribution in [3.8, 4) is 0 Å². The van der Waals surface area contributed by atoms with Gasteiger partial charge in [-0.05, 0) is 69.1 Å². The fraction of sp³-hybridized carbons (Fsp3) is 0.409. The molecule has 4 rings (SSSR count). The lowest BCUT2D eigenvalue weighted by molar-refractivity contribution is -0.126. The van der Waals surface area contributed by atoms with Crippen LogP contribution in [0.25, 0.3) is 5.65 Å². The zero-order valence-electron chi connectivity index (χ0n) is 16.6. The minimum atomic E-state index is -0.242. The van der Waals surface area contributed by atoms with E-state index in [0.717, 1.165) is 43.0 Å². The Morgan fingerprint density at radius 2 is 1.93 bits per heavy atom. The average molecular weight is 395 g/mol. The van der Waals surface area contributed by atoms with Crippen LogP contribution in [-0.2, 0) is 11.2 Å². The van der Waals surface area contributed by atoms with Gasteiger partial charge in [-0.25, -0.2) is 4.39 Å². The Balaban J connectivity index is 1.26. The number of rotatable bonds is 6. The van der Waals surface area contributed by atoms with Crippen LogP contribution in [0, 0.1) is 5.82 Å². The number of halogens is 1. The molecule has 1 amide bonds. The number of likely N-dealkylation sites (tertiary alicyclic amines) is 1. The minimum absolute atomic E-state index is 0.0403. The van der Waals surface area contributed by atoms with Gasteiger partial charge in [0.15, 0.2) is 5.65 Å². The smallest absolute Gasteiger partial charge is 0.237 e. The molecule has 1 fully saturated rings. The van der Waals surface area contributed by atoms with Crippen molar-refractivity contribution in [1.82, 2.24) is 24.8 Å². The van der Waals surface area contributed by atoms with Gasteiger partial charge in [-0.3, -0.25) is 14.1 Å². The molecule has 3 aromatic rings. The molecule has 0 radical (unpaired) electrons. The molecule has 1 unspecified atom stereocenters. The molecule has 1 atom stereocenters. The van der Waals surface area contributed by atoms with E-state index in [1.807, 2.05) is 31.3 Å². The summed E-state index contributed by atoms with van der Waals surface area (Å²) in [6.45, 7) is 4.23. The summed E-state index contributed by atoms with van der Waals surface area (Å²) >= 11 is 0.